The number of carboxylic acid groups (broad SMARTS) is 1. The predicted octanol–water partition coefficient (Wildman–Crippen LogP) is 1.56. The monoisotopic (exact) mass is 238 g/mol. The molecule has 0 amide bonds. The normalized spacial score (nSPS) is 8.53. The summed E-state index contributed by atoms with van der Waals surface area (Å²) in [6.45, 7) is 0. The molecule has 1 rings (SSSR count). The first-order chi connectivity index (χ1) is 8.13. The molecule has 5 heteroatoms. The summed E-state index contributed by atoms with van der Waals surface area (Å²) >= 11 is 0. The summed E-state index contributed by atoms with van der Waals surface area (Å²) < 4.78 is 4.90. The lowest BCUT2D eigenvalue weighted by molar-refractivity contribution is -0.137. The summed E-state index contributed by atoms with van der Waals surface area (Å²) in [6.07, 6.45) is 1.46. The molecule has 0 heterocycles. The van der Waals surface area contributed by atoms with E-state index in [0.29, 0.717) is 11.8 Å². The third-order valence-electron chi connectivity index (χ3n) is 1.73. The van der Waals surface area contributed by atoms with E-state index in [1.54, 1.807) is 31.4 Å². The van der Waals surface area contributed by atoms with E-state index >= 15 is 0 Å². The zero-order chi connectivity index (χ0) is 13.1. The van der Waals surface area contributed by atoms with Crippen LogP contribution in [0.25, 0.3) is 0 Å². The standard InChI is InChI=1S/C8H8O2.C4H6O3/c1-10-8-4-2-7(6-9)3-5-8;5-3-1-2-4(6)7/h2-6H,1H3;3H,1-2H2,(H,6,7). The molecule has 0 aromatic heterocycles. The summed E-state index contributed by atoms with van der Waals surface area (Å²) in [5, 5.41) is 7.89. The van der Waals surface area contributed by atoms with Crippen LogP contribution in [-0.4, -0.2) is 30.8 Å². The maximum absolute atomic E-state index is 10.2. The van der Waals surface area contributed by atoms with Gasteiger partial charge in [-0.25, -0.2) is 0 Å². The minimum Gasteiger partial charge on any atom is -0.497 e. The molecule has 0 radical (unpaired) electrons. The first kappa shape index (κ1) is 14.8. The maximum atomic E-state index is 10.2. The highest BCUT2D eigenvalue weighted by Gasteiger charge is 1.91. The van der Waals surface area contributed by atoms with Crippen molar-refractivity contribution in [2.24, 2.45) is 0 Å². The Labute approximate surface area is 99.0 Å². The third-order valence-corrected chi connectivity index (χ3v) is 1.73. The molecule has 92 valence electrons. The average Bonchev–Trinajstić information content (AvgIpc) is 2.37. The number of carbonyl (C=O) groups excluding carboxylic acids is 2. The van der Waals surface area contributed by atoms with E-state index in [2.05, 4.69) is 0 Å². The molecule has 0 aliphatic heterocycles. The molecule has 0 fully saturated rings. The zero-order valence-electron chi connectivity index (χ0n) is 9.46. The van der Waals surface area contributed by atoms with Crippen LogP contribution in [0.4, 0.5) is 0 Å². The summed E-state index contributed by atoms with van der Waals surface area (Å²) in [5.41, 5.74) is 0.667. The summed E-state index contributed by atoms with van der Waals surface area (Å²) in [5.74, 6) is -0.155. The topological polar surface area (TPSA) is 80.7 Å². The first-order valence-corrected chi connectivity index (χ1v) is 4.88. The molecule has 0 saturated heterocycles. The molecular formula is C12H14O5. The van der Waals surface area contributed by atoms with E-state index in [1.165, 1.54) is 0 Å². The second-order valence-electron chi connectivity index (χ2n) is 2.99. The number of hydrogen-bond donors (Lipinski definition) is 1. The fourth-order valence-corrected chi connectivity index (χ4v) is 0.865. The van der Waals surface area contributed by atoms with Crippen molar-refractivity contribution < 1.29 is 24.2 Å². The molecule has 0 aliphatic carbocycles. The van der Waals surface area contributed by atoms with Crippen molar-refractivity contribution in [3.63, 3.8) is 0 Å². The van der Waals surface area contributed by atoms with E-state index in [9.17, 15) is 14.4 Å². The van der Waals surface area contributed by atoms with Crippen molar-refractivity contribution in [3.05, 3.63) is 29.8 Å². The molecule has 5 nitrogen and oxygen atoms in total. The maximum Gasteiger partial charge on any atom is 0.303 e. The molecular weight excluding hydrogens is 224 g/mol. The van der Waals surface area contributed by atoms with Gasteiger partial charge in [0.05, 0.1) is 13.5 Å². The Morgan fingerprint density at radius 3 is 2.18 bits per heavy atom. The number of ether oxygens (including phenoxy) is 1. The summed E-state index contributed by atoms with van der Waals surface area (Å²) in [7, 11) is 1.59. The molecule has 0 bridgehead atoms. The molecule has 0 atom stereocenters. The van der Waals surface area contributed by atoms with Crippen molar-refractivity contribution in [1.82, 2.24) is 0 Å². The molecule has 1 aromatic rings. The van der Waals surface area contributed by atoms with E-state index in [-0.39, 0.29) is 12.8 Å². The minimum atomic E-state index is -0.924. The van der Waals surface area contributed by atoms with Gasteiger partial charge >= 0.3 is 5.97 Å². The Morgan fingerprint density at radius 2 is 1.88 bits per heavy atom. The van der Waals surface area contributed by atoms with Crippen LogP contribution in [0.1, 0.15) is 23.2 Å². The van der Waals surface area contributed by atoms with E-state index < -0.39 is 5.97 Å². The van der Waals surface area contributed by atoms with E-state index in [4.69, 9.17) is 9.84 Å². The van der Waals surface area contributed by atoms with Crippen LogP contribution in [0.15, 0.2) is 24.3 Å². The van der Waals surface area contributed by atoms with E-state index in [0.717, 1.165) is 12.0 Å². The van der Waals surface area contributed by atoms with Gasteiger partial charge in [-0.1, -0.05) is 0 Å². The fraction of sp³-hybridized carbons (Fsp3) is 0.250. The van der Waals surface area contributed by atoms with Gasteiger partial charge < -0.3 is 14.6 Å². The van der Waals surface area contributed by atoms with Gasteiger partial charge in [0.2, 0.25) is 0 Å². The van der Waals surface area contributed by atoms with Crippen LogP contribution in [0.2, 0.25) is 0 Å². The van der Waals surface area contributed by atoms with Crippen LogP contribution >= 0.6 is 0 Å². The number of aliphatic carboxylic acids is 1. The largest absolute Gasteiger partial charge is 0.497 e. The number of hydrogen-bond acceptors (Lipinski definition) is 4. The van der Waals surface area contributed by atoms with Crippen molar-refractivity contribution in [1.29, 1.82) is 0 Å². The number of carbonyl (C=O) groups is 3. The predicted molar refractivity (Wildman–Crippen MR) is 61.3 cm³/mol. The first-order valence-electron chi connectivity index (χ1n) is 4.88. The van der Waals surface area contributed by atoms with Crippen LogP contribution in [0.3, 0.4) is 0 Å². The van der Waals surface area contributed by atoms with E-state index in [1.807, 2.05) is 0 Å². The lowest BCUT2D eigenvalue weighted by Gasteiger charge is -1.96. The highest BCUT2D eigenvalue weighted by molar-refractivity contribution is 5.74. The van der Waals surface area contributed by atoms with Gasteiger partial charge in [0, 0.05) is 12.0 Å². The Bertz CT molecular complexity index is 356. The van der Waals surface area contributed by atoms with Gasteiger partial charge in [0.25, 0.3) is 0 Å². The smallest absolute Gasteiger partial charge is 0.303 e. The SMILES string of the molecule is COc1ccc(C=O)cc1.O=CCCC(=O)O. The van der Waals surface area contributed by atoms with Crippen molar-refractivity contribution in [3.8, 4) is 5.75 Å². The number of benzene rings is 1. The number of carboxylic acids is 1. The molecule has 17 heavy (non-hydrogen) atoms. The fourth-order valence-electron chi connectivity index (χ4n) is 0.865. The zero-order valence-corrected chi connectivity index (χ0v) is 9.46. The van der Waals surface area contributed by atoms with Crippen molar-refractivity contribution in [2.75, 3.05) is 7.11 Å². The number of aldehydes is 2. The average molecular weight is 238 g/mol. The minimum absolute atomic E-state index is 0.0521. The van der Waals surface area contributed by atoms with Gasteiger partial charge in [-0.15, -0.1) is 0 Å². The van der Waals surface area contributed by atoms with Crippen molar-refractivity contribution >= 4 is 18.5 Å². The quantitative estimate of drug-likeness (QED) is 0.787. The van der Waals surface area contributed by atoms with Crippen LogP contribution < -0.4 is 4.74 Å². The molecule has 1 N–H and O–H groups in total. The van der Waals surface area contributed by atoms with Crippen LogP contribution in [-0.2, 0) is 9.59 Å². The lowest BCUT2D eigenvalue weighted by Crippen LogP contribution is -1.93. The van der Waals surface area contributed by atoms with Crippen molar-refractivity contribution in [2.45, 2.75) is 12.8 Å². The molecule has 0 saturated carbocycles. The Balaban J connectivity index is 0.000000325. The highest BCUT2D eigenvalue weighted by atomic mass is 16.5. The number of rotatable bonds is 5. The molecule has 0 aliphatic rings. The lowest BCUT2D eigenvalue weighted by atomic mass is 10.2. The molecule has 1 aromatic carbocycles. The van der Waals surface area contributed by atoms with Crippen LogP contribution in [0.5, 0.6) is 5.75 Å². The Hall–Kier alpha value is -2.17. The third kappa shape index (κ3) is 7.72. The summed E-state index contributed by atoms with van der Waals surface area (Å²) in [6, 6.07) is 6.94. The van der Waals surface area contributed by atoms with Gasteiger partial charge in [-0.3, -0.25) is 9.59 Å². The van der Waals surface area contributed by atoms with Crippen LogP contribution in [0, 0.1) is 0 Å². The second kappa shape index (κ2) is 9.08. The Kier molecular flexibility index (Phi) is 7.93. The molecule has 0 spiro atoms. The highest BCUT2D eigenvalue weighted by Crippen LogP contribution is 2.09. The van der Waals surface area contributed by atoms with Gasteiger partial charge in [-0.2, -0.15) is 0 Å². The second-order valence-corrected chi connectivity index (χ2v) is 2.99. The molecule has 0 unspecified atom stereocenters. The summed E-state index contributed by atoms with van der Waals surface area (Å²) in [4.78, 5) is 29.2. The van der Waals surface area contributed by atoms with Gasteiger partial charge in [0.1, 0.15) is 18.3 Å². The number of methoxy groups -OCH3 is 1. The Morgan fingerprint density at radius 1 is 1.29 bits per heavy atom. The van der Waals surface area contributed by atoms with Gasteiger partial charge in [0.15, 0.2) is 0 Å². The van der Waals surface area contributed by atoms with Gasteiger partial charge in [-0.05, 0) is 24.3 Å².